The Labute approximate surface area is 159 Å². The minimum Gasteiger partial charge on any atom is -0.675 e. The maximum Gasteiger partial charge on any atom is 4.00 e. The smallest absolute Gasteiger partial charge is 0.675 e. The van der Waals surface area contributed by atoms with E-state index in [1.165, 1.54) is 0 Å². The van der Waals surface area contributed by atoms with Gasteiger partial charge >= 0.3 is 25.8 Å². The van der Waals surface area contributed by atoms with Crippen LogP contribution in [0.15, 0.2) is 24.3 Å². The van der Waals surface area contributed by atoms with Crippen molar-refractivity contribution in [2.24, 2.45) is 0 Å². The third-order valence-corrected chi connectivity index (χ3v) is 3.59. The van der Waals surface area contributed by atoms with E-state index in [0.717, 1.165) is 0 Å². The fourth-order valence-corrected chi connectivity index (χ4v) is 2.07. The van der Waals surface area contributed by atoms with E-state index in [0.29, 0.717) is 0 Å². The van der Waals surface area contributed by atoms with Crippen molar-refractivity contribution in [2.45, 2.75) is 79.3 Å². The molecular weight excluding hydrogens is 453 g/mol. The molecule has 0 aromatic heterocycles. The van der Waals surface area contributed by atoms with Crippen LogP contribution in [0.25, 0.3) is 17.2 Å². The third kappa shape index (κ3) is 42.7. The molecule has 0 bridgehead atoms. The molecule has 0 atom stereocenters. The Hall–Kier alpha value is 0.317. The van der Waals surface area contributed by atoms with Gasteiger partial charge in [-0.3, -0.25) is 0 Å². The standard InChI is InChI=1S/C8H13Si.3C3H8N.Hf/c1-9(2,3)8-6-4-5-7-8;3*1-3(2)4;/h4-7H,1-3H3;3*3-4H,1-2H3;/q4*-1;+4. The van der Waals surface area contributed by atoms with E-state index in [1.54, 1.807) is 5.19 Å². The Kier molecular flexibility index (Phi) is 24.3. The molecule has 1 aromatic carbocycles. The van der Waals surface area contributed by atoms with Crippen molar-refractivity contribution in [2.75, 3.05) is 0 Å². The summed E-state index contributed by atoms with van der Waals surface area (Å²) in [5, 5.41) is 1.56. The van der Waals surface area contributed by atoms with Gasteiger partial charge in [0.2, 0.25) is 0 Å². The first-order valence-corrected chi connectivity index (χ1v) is 11.2. The van der Waals surface area contributed by atoms with E-state index >= 15 is 0 Å². The first kappa shape index (κ1) is 30.2. The topological polar surface area (TPSA) is 71.4 Å². The van der Waals surface area contributed by atoms with Crippen LogP contribution in [0.5, 0.6) is 0 Å². The van der Waals surface area contributed by atoms with Crippen molar-refractivity contribution in [1.82, 2.24) is 0 Å². The Balaban J connectivity index is -0.000000107. The van der Waals surface area contributed by atoms with Gasteiger partial charge in [0.25, 0.3) is 0 Å². The van der Waals surface area contributed by atoms with Gasteiger partial charge in [-0.2, -0.15) is 17.3 Å². The maximum absolute atomic E-state index is 6.58. The molecule has 0 aliphatic heterocycles. The first-order valence-electron chi connectivity index (χ1n) is 7.66. The summed E-state index contributed by atoms with van der Waals surface area (Å²) in [4.78, 5) is 0. The zero-order valence-corrected chi connectivity index (χ0v) is 20.6. The molecule has 0 heterocycles. The molecule has 0 saturated carbocycles. The third-order valence-electron chi connectivity index (χ3n) is 1.53. The summed E-state index contributed by atoms with van der Waals surface area (Å²) < 4.78 is 0. The first-order chi connectivity index (χ1) is 9.30. The molecule has 3 N–H and O–H groups in total. The molecule has 0 unspecified atom stereocenters. The van der Waals surface area contributed by atoms with Crippen LogP contribution in [0, 0.1) is 0 Å². The average molecular weight is 490 g/mol. The summed E-state index contributed by atoms with van der Waals surface area (Å²) in [5.41, 5.74) is 19.8. The molecule has 0 amide bonds. The van der Waals surface area contributed by atoms with Crippen LogP contribution in [-0.4, -0.2) is 26.2 Å². The van der Waals surface area contributed by atoms with Gasteiger partial charge in [-0.1, -0.05) is 61.2 Å². The molecule has 0 saturated heterocycles. The van der Waals surface area contributed by atoms with E-state index < -0.39 is 8.07 Å². The maximum atomic E-state index is 6.58. The quantitative estimate of drug-likeness (QED) is 0.328. The van der Waals surface area contributed by atoms with Crippen molar-refractivity contribution < 1.29 is 25.8 Å². The molecule has 1 rings (SSSR count). The van der Waals surface area contributed by atoms with Gasteiger partial charge in [-0.25, -0.2) is 12.1 Å². The number of hydrogen-bond acceptors (Lipinski definition) is 0. The largest absolute Gasteiger partial charge is 4.00 e. The van der Waals surface area contributed by atoms with E-state index in [1.807, 2.05) is 41.5 Å². The predicted octanol–water partition coefficient (Wildman–Crippen LogP) is 6.29. The second-order valence-electron chi connectivity index (χ2n) is 6.89. The minimum absolute atomic E-state index is 0. The van der Waals surface area contributed by atoms with Crippen molar-refractivity contribution in [3.05, 3.63) is 41.5 Å². The van der Waals surface area contributed by atoms with E-state index in [9.17, 15) is 0 Å². The molecular formula is C17H37HfN3Si. The van der Waals surface area contributed by atoms with Crippen LogP contribution >= 0.6 is 0 Å². The Bertz CT molecular complexity index is 269. The Morgan fingerprint density at radius 3 is 0.955 bits per heavy atom. The van der Waals surface area contributed by atoms with Crippen molar-refractivity contribution in [1.29, 1.82) is 0 Å². The van der Waals surface area contributed by atoms with Crippen molar-refractivity contribution in [3.63, 3.8) is 0 Å². The van der Waals surface area contributed by atoms with E-state index in [4.69, 9.17) is 17.2 Å². The minimum atomic E-state index is -0.981. The number of hydrogen-bond donors (Lipinski definition) is 0. The zero-order chi connectivity index (χ0) is 17.6. The summed E-state index contributed by atoms with van der Waals surface area (Å²) in [6, 6.07) is 8.94. The van der Waals surface area contributed by atoms with Crippen LogP contribution in [0.4, 0.5) is 0 Å². The van der Waals surface area contributed by atoms with Crippen LogP contribution in [-0.2, 0) is 25.8 Å². The van der Waals surface area contributed by atoms with Crippen molar-refractivity contribution >= 4 is 13.3 Å². The Morgan fingerprint density at radius 1 is 0.682 bits per heavy atom. The summed E-state index contributed by atoms with van der Waals surface area (Å²) in [6.45, 7) is 18.1. The van der Waals surface area contributed by atoms with Crippen LogP contribution in [0.2, 0.25) is 19.6 Å². The van der Waals surface area contributed by atoms with Gasteiger partial charge < -0.3 is 17.2 Å². The summed E-state index contributed by atoms with van der Waals surface area (Å²) in [5.74, 6) is 0. The molecule has 5 heteroatoms. The van der Waals surface area contributed by atoms with Gasteiger partial charge in [0.05, 0.1) is 0 Å². The second-order valence-corrected chi connectivity index (χ2v) is 12.0. The molecule has 128 valence electrons. The van der Waals surface area contributed by atoms with Crippen molar-refractivity contribution in [3.8, 4) is 0 Å². The molecule has 0 fully saturated rings. The van der Waals surface area contributed by atoms with Gasteiger partial charge in [-0.05, 0) is 0 Å². The molecule has 0 aliphatic rings. The fourth-order valence-electron chi connectivity index (χ4n) is 0.874. The molecule has 0 radical (unpaired) electrons. The van der Waals surface area contributed by atoms with Crippen LogP contribution in [0.1, 0.15) is 41.5 Å². The van der Waals surface area contributed by atoms with Crippen LogP contribution < -0.4 is 5.19 Å². The van der Waals surface area contributed by atoms with Crippen LogP contribution in [0.3, 0.4) is 0 Å². The van der Waals surface area contributed by atoms with Gasteiger partial charge in [0.1, 0.15) is 0 Å². The molecule has 22 heavy (non-hydrogen) atoms. The average Bonchev–Trinajstić information content (AvgIpc) is 2.64. The summed E-state index contributed by atoms with van der Waals surface area (Å²) in [6.07, 6.45) is 0. The van der Waals surface area contributed by atoms with Gasteiger partial charge in [-0.15, -0.1) is 18.1 Å². The number of rotatable bonds is 1. The second kappa shape index (κ2) is 17.7. The Morgan fingerprint density at radius 2 is 0.864 bits per heavy atom. The van der Waals surface area contributed by atoms with Gasteiger partial charge in [0, 0.05) is 8.07 Å². The summed E-state index contributed by atoms with van der Waals surface area (Å²) in [7, 11) is -0.981. The molecule has 3 nitrogen and oxygen atoms in total. The molecule has 0 aliphatic carbocycles. The van der Waals surface area contributed by atoms with E-state index in [2.05, 4.69) is 43.9 Å². The SMILES string of the molecule is CC(C)[NH-].CC(C)[NH-].CC(C)[NH-].C[Si](C)(C)[c-]1cccc1.[Hf+4]. The van der Waals surface area contributed by atoms with E-state index in [-0.39, 0.29) is 44.0 Å². The monoisotopic (exact) mass is 491 g/mol. The molecule has 1 aromatic rings. The normalized spacial score (nSPS) is 9.77. The predicted molar refractivity (Wildman–Crippen MR) is 103 cm³/mol. The fraction of sp³-hybridized carbons (Fsp3) is 0.706. The summed E-state index contributed by atoms with van der Waals surface area (Å²) >= 11 is 0. The molecule has 0 spiro atoms. The van der Waals surface area contributed by atoms with Gasteiger partial charge in [0.15, 0.2) is 0 Å². The number of nitrogens with one attached hydrogen (secondary N) is 3. The zero-order valence-electron chi connectivity index (χ0n) is 16.0.